The van der Waals surface area contributed by atoms with Gasteiger partial charge in [-0.3, -0.25) is 0 Å². The lowest BCUT2D eigenvalue weighted by molar-refractivity contribution is 0.355. The molecular formula is C26H22ClN. The van der Waals surface area contributed by atoms with Gasteiger partial charge in [-0.05, 0) is 48.2 Å². The van der Waals surface area contributed by atoms with E-state index in [4.69, 9.17) is 11.6 Å². The monoisotopic (exact) mass is 383 g/mol. The van der Waals surface area contributed by atoms with E-state index in [1.807, 2.05) is 0 Å². The molecule has 0 amide bonds. The molecule has 1 nitrogen and oxygen atoms in total. The molecule has 0 radical (unpaired) electrons. The van der Waals surface area contributed by atoms with Crippen LogP contribution in [-0.2, 0) is 5.41 Å². The number of benzene rings is 3. The number of fused-ring (bicyclic) bond motifs is 7. The molecule has 2 aliphatic carbocycles. The van der Waals surface area contributed by atoms with Crippen LogP contribution in [0.1, 0.15) is 43.2 Å². The van der Waals surface area contributed by atoms with E-state index in [1.165, 1.54) is 71.1 Å². The quantitative estimate of drug-likeness (QED) is 0.320. The van der Waals surface area contributed by atoms with Gasteiger partial charge in [0.25, 0.3) is 0 Å². The highest BCUT2D eigenvalue weighted by Crippen LogP contribution is 2.59. The normalized spacial score (nSPS) is 17.0. The third-order valence-electron chi connectivity index (χ3n) is 6.83. The smallest absolute Gasteiger partial charge is 0.0585 e. The summed E-state index contributed by atoms with van der Waals surface area (Å²) >= 11 is 6.47. The Balaban J connectivity index is 1.80. The molecule has 0 N–H and O–H groups in total. The van der Waals surface area contributed by atoms with E-state index >= 15 is 0 Å². The van der Waals surface area contributed by atoms with Crippen molar-refractivity contribution in [3.8, 4) is 16.9 Å². The second-order valence-corrected chi connectivity index (χ2v) is 8.68. The minimum Gasteiger partial charge on any atom is -0.309 e. The molecule has 28 heavy (non-hydrogen) atoms. The second-order valence-electron chi connectivity index (χ2n) is 8.24. The van der Waals surface area contributed by atoms with E-state index < -0.39 is 0 Å². The molecule has 2 heteroatoms. The average molecular weight is 384 g/mol. The minimum atomic E-state index is 0.149. The molecule has 0 saturated heterocycles. The standard InChI is InChI=1S/C26H22ClN/c27-18-13-14-21-23(17-18)28(19-9-3-1-4-10-19)25-20-11-5-6-12-22(20)26(24(21)25)15-7-2-8-16-26/h1,3-6,9-14,17H,2,7-8,15-16H2. The van der Waals surface area contributed by atoms with Crippen LogP contribution in [-0.4, -0.2) is 4.57 Å². The number of hydrogen-bond acceptors (Lipinski definition) is 0. The summed E-state index contributed by atoms with van der Waals surface area (Å²) in [5.74, 6) is 0. The molecule has 0 bridgehead atoms. The number of aromatic nitrogens is 1. The lowest BCUT2D eigenvalue weighted by Crippen LogP contribution is -2.27. The largest absolute Gasteiger partial charge is 0.309 e. The van der Waals surface area contributed by atoms with Crippen LogP contribution in [0.15, 0.2) is 72.8 Å². The Kier molecular flexibility index (Phi) is 3.52. The Morgan fingerprint density at radius 3 is 2.36 bits per heavy atom. The summed E-state index contributed by atoms with van der Waals surface area (Å²) in [7, 11) is 0. The van der Waals surface area contributed by atoms with Gasteiger partial charge in [-0.15, -0.1) is 0 Å². The van der Waals surface area contributed by atoms with Gasteiger partial charge in [0.15, 0.2) is 0 Å². The van der Waals surface area contributed by atoms with Crippen LogP contribution in [0.3, 0.4) is 0 Å². The van der Waals surface area contributed by atoms with Crippen LogP contribution < -0.4 is 0 Å². The van der Waals surface area contributed by atoms with Gasteiger partial charge in [-0.1, -0.05) is 79.4 Å². The number of halogens is 1. The number of rotatable bonds is 1. The molecule has 1 saturated carbocycles. The maximum absolute atomic E-state index is 6.47. The molecule has 6 rings (SSSR count). The van der Waals surface area contributed by atoms with E-state index in [0.29, 0.717) is 0 Å². The molecular weight excluding hydrogens is 362 g/mol. The summed E-state index contributed by atoms with van der Waals surface area (Å²) in [5, 5.41) is 2.16. The van der Waals surface area contributed by atoms with Crippen molar-refractivity contribution < 1.29 is 0 Å². The van der Waals surface area contributed by atoms with Crippen molar-refractivity contribution in [1.82, 2.24) is 4.57 Å². The predicted molar refractivity (Wildman–Crippen MR) is 118 cm³/mol. The number of para-hydroxylation sites is 1. The number of nitrogens with zero attached hydrogens (tertiary/aromatic N) is 1. The lowest BCUT2D eigenvalue weighted by Gasteiger charge is -2.35. The van der Waals surface area contributed by atoms with E-state index in [0.717, 1.165) is 5.02 Å². The van der Waals surface area contributed by atoms with E-state index in [-0.39, 0.29) is 5.41 Å². The van der Waals surface area contributed by atoms with Crippen molar-refractivity contribution in [3.05, 3.63) is 88.9 Å². The Hall–Kier alpha value is -2.51. The molecule has 3 aromatic carbocycles. The van der Waals surface area contributed by atoms with Crippen LogP contribution in [0.2, 0.25) is 5.02 Å². The van der Waals surface area contributed by atoms with Crippen LogP contribution in [0.25, 0.3) is 27.8 Å². The zero-order valence-corrected chi connectivity index (χ0v) is 16.5. The molecule has 0 aliphatic heterocycles. The van der Waals surface area contributed by atoms with Crippen molar-refractivity contribution in [2.24, 2.45) is 0 Å². The molecule has 1 heterocycles. The fraction of sp³-hybridized carbons (Fsp3) is 0.231. The molecule has 2 aliphatic rings. The van der Waals surface area contributed by atoms with Gasteiger partial charge < -0.3 is 4.57 Å². The summed E-state index contributed by atoms with van der Waals surface area (Å²) in [6, 6.07) is 26.3. The van der Waals surface area contributed by atoms with Crippen LogP contribution in [0, 0.1) is 0 Å². The van der Waals surface area contributed by atoms with Crippen LogP contribution in [0.5, 0.6) is 0 Å². The minimum absolute atomic E-state index is 0.149. The van der Waals surface area contributed by atoms with E-state index in [2.05, 4.69) is 77.4 Å². The molecule has 1 fully saturated rings. The van der Waals surface area contributed by atoms with Crippen molar-refractivity contribution in [2.45, 2.75) is 37.5 Å². The zero-order valence-electron chi connectivity index (χ0n) is 15.8. The van der Waals surface area contributed by atoms with Gasteiger partial charge in [0.1, 0.15) is 0 Å². The fourth-order valence-corrected chi connectivity index (χ4v) is 5.93. The Morgan fingerprint density at radius 2 is 1.54 bits per heavy atom. The first-order chi connectivity index (χ1) is 13.8. The van der Waals surface area contributed by atoms with Gasteiger partial charge in [-0.2, -0.15) is 0 Å². The molecule has 4 aromatic rings. The Morgan fingerprint density at radius 1 is 0.786 bits per heavy atom. The molecule has 0 atom stereocenters. The Bertz CT molecular complexity index is 1200. The highest BCUT2D eigenvalue weighted by atomic mass is 35.5. The molecule has 138 valence electrons. The van der Waals surface area contributed by atoms with Crippen LogP contribution >= 0.6 is 11.6 Å². The predicted octanol–water partition coefficient (Wildman–Crippen LogP) is 7.51. The third kappa shape index (κ3) is 2.08. The Labute approximate surface area is 170 Å². The van der Waals surface area contributed by atoms with Gasteiger partial charge in [0.05, 0.1) is 11.2 Å². The SMILES string of the molecule is Clc1ccc2c3c(n(-c4ccccc4)c2c1)-c1ccccc1C31CCCCC1. The van der Waals surface area contributed by atoms with Crippen molar-refractivity contribution in [3.63, 3.8) is 0 Å². The topological polar surface area (TPSA) is 4.93 Å². The number of hydrogen-bond donors (Lipinski definition) is 0. The highest BCUT2D eigenvalue weighted by Gasteiger charge is 2.47. The van der Waals surface area contributed by atoms with Gasteiger partial charge in [-0.25, -0.2) is 0 Å². The highest BCUT2D eigenvalue weighted by molar-refractivity contribution is 6.31. The molecule has 1 aromatic heterocycles. The zero-order chi connectivity index (χ0) is 18.7. The van der Waals surface area contributed by atoms with Crippen molar-refractivity contribution in [1.29, 1.82) is 0 Å². The van der Waals surface area contributed by atoms with Crippen LogP contribution in [0.4, 0.5) is 0 Å². The maximum Gasteiger partial charge on any atom is 0.0585 e. The van der Waals surface area contributed by atoms with Gasteiger partial charge >= 0.3 is 0 Å². The average Bonchev–Trinajstić information content (AvgIpc) is 3.21. The molecule has 0 unspecified atom stereocenters. The fourth-order valence-electron chi connectivity index (χ4n) is 5.76. The summed E-state index contributed by atoms with van der Waals surface area (Å²) in [6.45, 7) is 0. The maximum atomic E-state index is 6.47. The summed E-state index contributed by atoms with van der Waals surface area (Å²) < 4.78 is 2.44. The first-order valence-corrected chi connectivity index (χ1v) is 10.7. The summed E-state index contributed by atoms with van der Waals surface area (Å²) in [6.07, 6.45) is 6.45. The van der Waals surface area contributed by atoms with Crippen molar-refractivity contribution in [2.75, 3.05) is 0 Å². The van der Waals surface area contributed by atoms with Crippen molar-refractivity contribution >= 4 is 22.5 Å². The third-order valence-corrected chi connectivity index (χ3v) is 7.06. The first-order valence-electron chi connectivity index (χ1n) is 10.3. The lowest BCUT2D eigenvalue weighted by atomic mass is 9.67. The van der Waals surface area contributed by atoms with Gasteiger partial charge in [0, 0.05) is 27.1 Å². The second kappa shape index (κ2) is 5.99. The first kappa shape index (κ1) is 16.4. The summed E-state index contributed by atoms with van der Waals surface area (Å²) in [5.41, 5.74) is 8.42. The van der Waals surface area contributed by atoms with Gasteiger partial charge in [0.2, 0.25) is 0 Å². The summed E-state index contributed by atoms with van der Waals surface area (Å²) in [4.78, 5) is 0. The van der Waals surface area contributed by atoms with E-state index in [9.17, 15) is 0 Å². The molecule has 1 spiro atoms. The van der Waals surface area contributed by atoms with E-state index in [1.54, 1.807) is 0 Å².